The maximum atomic E-state index is 13.3. The Labute approximate surface area is 174 Å². The predicted molar refractivity (Wildman–Crippen MR) is 113 cm³/mol. The smallest absolute Gasteiger partial charge is 0.318 e. The molecule has 0 unspecified atom stereocenters. The second-order valence-electron chi connectivity index (χ2n) is 8.07. The Bertz CT molecular complexity index is 1010. The van der Waals surface area contributed by atoms with E-state index in [-0.39, 0.29) is 18.0 Å². The molecule has 156 valence electrons. The van der Waals surface area contributed by atoms with E-state index < -0.39 is 5.54 Å². The second kappa shape index (κ2) is 6.94. The number of carbonyl (C=O) groups is 2. The molecule has 0 bridgehead atoms. The zero-order valence-electron chi connectivity index (χ0n) is 17.0. The Hall–Kier alpha value is -3.20. The third kappa shape index (κ3) is 2.97. The molecule has 3 amide bonds. The van der Waals surface area contributed by atoms with E-state index in [1.807, 2.05) is 36.1 Å². The highest BCUT2D eigenvalue weighted by molar-refractivity contribution is 6.08. The molecule has 3 aliphatic rings. The highest BCUT2D eigenvalue weighted by atomic mass is 16.5. The monoisotopic (exact) mass is 408 g/mol. The predicted octanol–water partition coefficient (Wildman–Crippen LogP) is 2.00. The SMILES string of the molecule is CNC(=O)Nc1ccc(-c2ncc3c(n2)N2CCOC[C@@]2(C)C(=O)N3C2CC2)cc1. The lowest BCUT2D eigenvalue weighted by molar-refractivity contribution is -0.127. The van der Waals surface area contributed by atoms with E-state index in [9.17, 15) is 9.59 Å². The van der Waals surface area contributed by atoms with Crippen molar-refractivity contribution in [3.8, 4) is 11.4 Å². The molecule has 1 saturated carbocycles. The van der Waals surface area contributed by atoms with Gasteiger partial charge in [0, 0.05) is 30.9 Å². The van der Waals surface area contributed by atoms with E-state index in [0.29, 0.717) is 31.3 Å². The van der Waals surface area contributed by atoms with E-state index in [1.165, 1.54) is 0 Å². The van der Waals surface area contributed by atoms with Gasteiger partial charge in [0.25, 0.3) is 5.91 Å². The number of ether oxygens (including phenoxy) is 1. The van der Waals surface area contributed by atoms with Crippen LogP contribution >= 0.6 is 0 Å². The first-order chi connectivity index (χ1) is 14.5. The van der Waals surface area contributed by atoms with Crippen LogP contribution in [-0.4, -0.2) is 60.3 Å². The lowest BCUT2D eigenvalue weighted by atomic mass is 9.93. The number of benzene rings is 1. The summed E-state index contributed by atoms with van der Waals surface area (Å²) in [6.45, 7) is 3.46. The van der Waals surface area contributed by atoms with E-state index >= 15 is 0 Å². The van der Waals surface area contributed by atoms with Gasteiger partial charge in [0.15, 0.2) is 11.6 Å². The van der Waals surface area contributed by atoms with Gasteiger partial charge < -0.3 is 25.2 Å². The van der Waals surface area contributed by atoms with Crippen LogP contribution in [0.15, 0.2) is 30.5 Å². The number of hydrogen-bond acceptors (Lipinski definition) is 6. The van der Waals surface area contributed by atoms with Gasteiger partial charge in [-0.05, 0) is 44.0 Å². The summed E-state index contributed by atoms with van der Waals surface area (Å²) in [5.41, 5.74) is 1.55. The van der Waals surface area contributed by atoms with E-state index in [0.717, 1.165) is 29.9 Å². The number of anilines is 3. The summed E-state index contributed by atoms with van der Waals surface area (Å²) in [6, 6.07) is 7.32. The number of urea groups is 1. The molecule has 1 aromatic carbocycles. The molecule has 5 rings (SSSR count). The van der Waals surface area contributed by atoms with Crippen molar-refractivity contribution in [2.45, 2.75) is 31.3 Å². The highest BCUT2D eigenvalue weighted by Crippen LogP contribution is 2.45. The molecule has 1 atom stereocenters. The number of rotatable bonds is 3. The molecule has 30 heavy (non-hydrogen) atoms. The molecule has 9 nitrogen and oxygen atoms in total. The molecule has 1 saturated heterocycles. The molecular formula is C21H24N6O3. The van der Waals surface area contributed by atoms with Crippen molar-refractivity contribution in [3.63, 3.8) is 0 Å². The van der Waals surface area contributed by atoms with E-state index in [2.05, 4.69) is 20.5 Å². The number of amides is 3. The molecule has 2 fully saturated rings. The first-order valence-corrected chi connectivity index (χ1v) is 10.2. The summed E-state index contributed by atoms with van der Waals surface area (Å²) in [5, 5.41) is 5.26. The van der Waals surface area contributed by atoms with Crippen LogP contribution in [0.1, 0.15) is 19.8 Å². The Kier molecular flexibility index (Phi) is 4.35. The summed E-state index contributed by atoms with van der Waals surface area (Å²) in [4.78, 5) is 38.2. The molecule has 9 heteroatoms. The largest absolute Gasteiger partial charge is 0.377 e. The fraction of sp³-hybridized carbons (Fsp3) is 0.429. The zero-order valence-corrected chi connectivity index (χ0v) is 17.0. The summed E-state index contributed by atoms with van der Waals surface area (Å²) in [6.07, 6.45) is 3.77. The van der Waals surface area contributed by atoms with Gasteiger partial charge in [-0.3, -0.25) is 4.79 Å². The minimum atomic E-state index is -0.749. The van der Waals surface area contributed by atoms with Crippen LogP contribution in [0.25, 0.3) is 11.4 Å². The van der Waals surface area contributed by atoms with Gasteiger partial charge >= 0.3 is 6.03 Å². The maximum Gasteiger partial charge on any atom is 0.318 e. The van der Waals surface area contributed by atoms with Crippen LogP contribution < -0.4 is 20.4 Å². The fourth-order valence-corrected chi connectivity index (χ4v) is 4.10. The average Bonchev–Trinajstić information content (AvgIpc) is 3.60. The van der Waals surface area contributed by atoms with Crippen LogP contribution in [0.3, 0.4) is 0 Å². The molecule has 2 aromatic rings. The summed E-state index contributed by atoms with van der Waals surface area (Å²) < 4.78 is 5.67. The average molecular weight is 408 g/mol. The van der Waals surface area contributed by atoms with Crippen molar-refractivity contribution >= 4 is 29.1 Å². The van der Waals surface area contributed by atoms with Gasteiger partial charge in [-0.2, -0.15) is 0 Å². The van der Waals surface area contributed by atoms with Crippen LogP contribution in [0.5, 0.6) is 0 Å². The maximum absolute atomic E-state index is 13.3. The topological polar surface area (TPSA) is 99.7 Å². The standard InChI is InChI=1S/C21H24N6O3/c1-21-12-30-10-9-26(21)18-16(27(19(21)28)15-7-8-15)11-23-17(25-18)13-3-5-14(6-4-13)24-20(29)22-2/h3-6,11,15H,7-10,12H2,1-2H3,(H2,22,24,29)/t21-/m0/s1. The fourth-order valence-electron chi connectivity index (χ4n) is 4.10. The number of carbonyl (C=O) groups excluding carboxylic acids is 2. The van der Waals surface area contributed by atoms with Crippen molar-refractivity contribution in [2.75, 3.05) is 41.9 Å². The number of hydrogen-bond donors (Lipinski definition) is 2. The molecule has 2 N–H and O–H groups in total. The Balaban J connectivity index is 1.53. The lowest BCUT2D eigenvalue weighted by Gasteiger charge is -2.50. The molecule has 2 aliphatic heterocycles. The number of morpholine rings is 1. The van der Waals surface area contributed by atoms with E-state index in [4.69, 9.17) is 9.72 Å². The molecule has 0 radical (unpaired) electrons. The van der Waals surface area contributed by atoms with Crippen molar-refractivity contribution < 1.29 is 14.3 Å². The molecular weight excluding hydrogens is 384 g/mol. The van der Waals surface area contributed by atoms with Crippen molar-refractivity contribution in [1.82, 2.24) is 15.3 Å². The quantitative estimate of drug-likeness (QED) is 0.806. The van der Waals surface area contributed by atoms with Gasteiger partial charge in [0.1, 0.15) is 11.2 Å². The third-order valence-corrected chi connectivity index (χ3v) is 5.92. The Morgan fingerprint density at radius 2 is 2.03 bits per heavy atom. The molecule has 1 aliphatic carbocycles. The normalized spacial score (nSPS) is 22.9. The van der Waals surface area contributed by atoms with Crippen molar-refractivity contribution in [2.24, 2.45) is 0 Å². The Morgan fingerprint density at radius 3 is 2.73 bits per heavy atom. The van der Waals surface area contributed by atoms with Gasteiger partial charge in [-0.15, -0.1) is 0 Å². The number of nitrogens with zero attached hydrogens (tertiary/aromatic N) is 4. The van der Waals surface area contributed by atoms with E-state index in [1.54, 1.807) is 13.2 Å². The van der Waals surface area contributed by atoms with Crippen molar-refractivity contribution in [3.05, 3.63) is 30.5 Å². The second-order valence-corrected chi connectivity index (χ2v) is 8.07. The lowest BCUT2D eigenvalue weighted by Crippen LogP contribution is -2.67. The molecule has 0 spiro atoms. The minimum Gasteiger partial charge on any atom is -0.377 e. The number of nitrogens with one attached hydrogen (secondary N) is 2. The minimum absolute atomic E-state index is 0.0678. The highest BCUT2D eigenvalue weighted by Gasteiger charge is 2.53. The summed E-state index contributed by atoms with van der Waals surface area (Å²) >= 11 is 0. The van der Waals surface area contributed by atoms with Crippen molar-refractivity contribution in [1.29, 1.82) is 0 Å². The molecule has 3 heterocycles. The van der Waals surface area contributed by atoms with Crippen LogP contribution in [-0.2, 0) is 9.53 Å². The molecule has 1 aromatic heterocycles. The van der Waals surface area contributed by atoms with Crippen LogP contribution in [0, 0.1) is 0 Å². The number of fused-ring (bicyclic) bond motifs is 3. The first kappa shape index (κ1) is 18.8. The van der Waals surface area contributed by atoms with Gasteiger partial charge in [-0.25, -0.2) is 14.8 Å². The summed E-state index contributed by atoms with van der Waals surface area (Å²) in [7, 11) is 1.57. The van der Waals surface area contributed by atoms with Gasteiger partial charge in [-0.1, -0.05) is 0 Å². The van der Waals surface area contributed by atoms with Crippen LogP contribution in [0.4, 0.5) is 22.0 Å². The van der Waals surface area contributed by atoms with Crippen LogP contribution in [0.2, 0.25) is 0 Å². The van der Waals surface area contributed by atoms with Gasteiger partial charge in [0.05, 0.1) is 19.4 Å². The third-order valence-electron chi connectivity index (χ3n) is 5.92. The number of aromatic nitrogens is 2. The first-order valence-electron chi connectivity index (χ1n) is 10.2. The zero-order chi connectivity index (χ0) is 20.9. The van der Waals surface area contributed by atoms with Gasteiger partial charge in [0.2, 0.25) is 0 Å². The Morgan fingerprint density at radius 1 is 1.27 bits per heavy atom. The summed E-state index contributed by atoms with van der Waals surface area (Å²) in [5.74, 6) is 1.43.